The molecule has 0 aliphatic heterocycles. The topological polar surface area (TPSA) is 48.1 Å². The third-order valence-corrected chi connectivity index (χ3v) is 2.49. The number of nitrogens with zero attached hydrogens (tertiary/aromatic N) is 1. The molecule has 0 unspecified atom stereocenters. The summed E-state index contributed by atoms with van der Waals surface area (Å²) in [4.78, 5) is 4.56. The summed E-state index contributed by atoms with van der Waals surface area (Å²) in [6.45, 7) is 0.452. The van der Waals surface area contributed by atoms with Crippen LogP contribution in [-0.4, -0.2) is 9.97 Å². The van der Waals surface area contributed by atoms with Crippen molar-refractivity contribution in [3.63, 3.8) is 0 Å². The molecule has 1 aromatic carbocycles. The molecule has 2 rings (SSSR count). The number of hydrogen-bond acceptors (Lipinski definition) is 3. The lowest BCUT2D eigenvalue weighted by atomic mass is 10.2. The quantitative estimate of drug-likeness (QED) is 0.838. The van der Waals surface area contributed by atoms with E-state index < -0.39 is 0 Å². The molecule has 1 heterocycles. The van der Waals surface area contributed by atoms with Gasteiger partial charge in [0.1, 0.15) is 17.3 Å². The Balaban J connectivity index is 1.98. The highest BCUT2D eigenvalue weighted by Crippen LogP contribution is 2.13. The fourth-order valence-corrected chi connectivity index (χ4v) is 1.49. The first-order chi connectivity index (χ1) is 8.25. The van der Waals surface area contributed by atoms with Crippen LogP contribution >= 0.6 is 12.2 Å². The summed E-state index contributed by atoms with van der Waals surface area (Å²) in [6, 6.07) is 13.1. The van der Waals surface area contributed by atoms with Crippen molar-refractivity contribution < 1.29 is 4.74 Å². The minimum Gasteiger partial charge on any atom is -0.487 e. The van der Waals surface area contributed by atoms with Gasteiger partial charge in [0, 0.05) is 11.8 Å². The molecule has 2 aromatic rings. The van der Waals surface area contributed by atoms with Crippen molar-refractivity contribution in [1.29, 1.82) is 0 Å². The molecule has 1 aromatic heterocycles. The molecule has 0 radical (unpaired) electrons. The molecule has 0 fully saturated rings. The molecule has 0 spiro atoms. The predicted octanol–water partition coefficient (Wildman–Crippen LogP) is 2.29. The normalized spacial score (nSPS) is 9.88. The van der Waals surface area contributed by atoms with E-state index in [1.165, 1.54) is 0 Å². The molecule has 0 atom stereocenters. The fourth-order valence-electron chi connectivity index (χ4n) is 1.36. The summed E-state index contributed by atoms with van der Waals surface area (Å²) in [7, 11) is 0. The first-order valence-corrected chi connectivity index (χ1v) is 5.59. The first kappa shape index (κ1) is 11.5. The minimum atomic E-state index is 0.390. The molecule has 86 valence electrons. The van der Waals surface area contributed by atoms with E-state index in [2.05, 4.69) is 4.98 Å². The van der Waals surface area contributed by atoms with E-state index in [0.29, 0.717) is 11.6 Å². The zero-order valence-electron chi connectivity index (χ0n) is 9.17. The molecule has 0 saturated carbocycles. The zero-order chi connectivity index (χ0) is 12.1. The van der Waals surface area contributed by atoms with Crippen molar-refractivity contribution >= 4 is 17.2 Å². The molecule has 0 aliphatic rings. The number of ether oxygens (including phenoxy) is 1. The smallest absolute Gasteiger partial charge is 0.130 e. The van der Waals surface area contributed by atoms with Crippen molar-refractivity contribution in [2.45, 2.75) is 6.61 Å². The van der Waals surface area contributed by atoms with Crippen LogP contribution in [0.3, 0.4) is 0 Å². The summed E-state index contributed by atoms with van der Waals surface area (Å²) in [6.07, 6.45) is 1.74. The van der Waals surface area contributed by atoms with E-state index in [1.54, 1.807) is 6.20 Å². The molecule has 2 N–H and O–H groups in total. The highest BCUT2D eigenvalue weighted by atomic mass is 32.1. The van der Waals surface area contributed by atoms with Crippen LogP contribution < -0.4 is 10.5 Å². The average Bonchev–Trinajstić information content (AvgIpc) is 2.38. The Bertz CT molecular complexity index is 497. The monoisotopic (exact) mass is 244 g/mol. The second kappa shape index (κ2) is 5.41. The molecule has 4 heteroatoms. The molecule has 3 nitrogen and oxygen atoms in total. The molecule has 0 amide bonds. The van der Waals surface area contributed by atoms with Gasteiger partial charge in [-0.05, 0) is 36.4 Å². The first-order valence-electron chi connectivity index (χ1n) is 5.18. The minimum absolute atomic E-state index is 0.390. The lowest BCUT2D eigenvalue weighted by Gasteiger charge is -2.06. The van der Waals surface area contributed by atoms with Gasteiger partial charge in [-0.15, -0.1) is 0 Å². The molecule has 0 aliphatic carbocycles. The third kappa shape index (κ3) is 3.26. The fraction of sp³-hybridized carbons (Fsp3) is 0.0769. The Morgan fingerprint density at radius 1 is 1.18 bits per heavy atom. The van der Waals surface area contributed by atoms with Crippen LogP contribution in [-0.2, 0) is 6.61 Å². The van der Waals surface area contributed by atoms with Gasteiger partial charge >= 0.3 is 0 Å². The number of thiocarbonyl (C=S) groups is 1. The van der Waals surface area contributed by atoms with Crippen LogP contribution in [0, 0.1) is 0 Å². The van der Waals surface area contributed by atoms with E-state index in [4.69, 9.17) is 22.7 Å². The van der Waals surface area contributed by atoms with E-state index in [9.17, 15) is 0 Å². The Labute approximate surface area is 105 Å². The zero-order valence-corrected chi connectivity index (χ0v) is 9.98. The highest BCUT2D eigenvalue weighted by Gasteiger charge is 1.98. The van der Waals surface area contributed by atoms with Crippen molar-refractivity contribution in [2.24, 2.45) is 5.73 Å². The van der Waals surface area contributed by atoms with Crippen molar-refractivity contribution in [3.8, 4) is 5.75 Å². The van der Waals surface area contributed by atoms with Gasteiger partial charge < -0.3 is 10.5 Å². The largest absolute Gasteiger partial charge is 0.487 e. The van der Waals surface area contributed by atoms with Gasteiger partial charge in [-0.1, -0.05) is 18.3 Å². The van der Waals surface area contributed by atoms with Crippen LogP contribution in [0.15, 0.2) is 48.7 Å². The van der Waals surface area contributed by atoms with E-state index in [0.717, 1.165) is 17.0 Å². The van der Waals surface area contributed by atoms with Gasteiger partial charge in [0.05, 0.1) is 5.69 Å². The Morgan fingerprint density at radius 2 is 1.94 bits per heavy atom. The lowest BCUT2D eigenvalue weighted by Crippen LogP contribution is -2.08. The van der Waals surface area contributed by atoms with Crippen molar-refractivity contribution in [3.05, 3.63) is 59.9 Å². The maximum atomic E-state index is 5.58. The van der Waals surface area contributed by atoms with Gasteiger partial charge in [-0.2, -0.15) is 0 Å². The number of aromatic nitrogens is 1. The second-order valence-electron chi connectivity index (χ2n) is 3.50. The van der Waals surface area contributed by atoms with Gasteiger partial charge in [-0.25, -0.2) is 0 Å². The summed E-state index contributed by atoms with van der Waals surface area (Å²) >= 11 is 4.87. The number of pyridine rings is 1. The van der Waals surface area contributed by atoms with Crippen molar-refractivity contribution in [1.82, 2.24) is 4.98 Å². The molecule has 17 heavy (non-hydrogen) atoms. The number of nitrogens with two attached hydrogens (primary N) is 1. The van der Waals surface area contributed by atoms with Crippen LogP contribution in [0.5, 0.6) is 5.75 Å². The maximum absolute atomic E-state index is 5.58. The summed E-state index contributed by atoms with van der Waals surface area (Å²) in [5, 5.41) is 0. The van der Waals surface area contributed by atoms with E-state index in [1.807, 2.05) is 42.5 Å². The average molecular weight is 244 g/mol. The van der Waals surface area contributed by atoms with E-state index in [-0.39, 0.29) is 0 Å². The molecule has 0 bridgehead atoms. The Hall–Kier alpha value is -1.94. The number of rotatable bonds is 4. The Kier molecular flexibility index (Phi) is 3.67. The van der Waals surface area contributed by atoms with Crippen LogP contribution in [0.2, 0.25) is 0 Å². The summed E-state index contributed by atoms with van der Waals surface area (Å²) in [5.74, 6) is 0.774. The summed E-state index contributed by atoms with van der Waals surface area (Å²) < 4.78 is 5.58. The number of hydrogen-bond donors (Lipinski definition) is 1. The summed E-state index contributed by atoms with van der Waals surface area (Å²) in [5.41, 5.74) is 7.24. The highest BCUT2D eigenvalue weighted by molar-refractivity contribution is 7.80. The van der Waals surface area contributed by atoms with Crippen LogP contribution in [0.25, 0.3) is 0 Å². The SMILES string of the molecule is NC(=S)c1ccc(OCc2ccccn2)cc1. The van der Waals surface area contributed by atoms with Gasteiger partial charge in [0.2, 0.25) is 0 Å². The van der Waals surface area contributed by atoms with Gasteiger partial charge in [0.25, 0.3) is 0 Å². The number of benzene rings is 1. The van der Waals surface area contributed by atoms with Gasteiger partial charge in [-0.3, -0.25) is 4.98 Å². The van der Waals surface area contributed by atoms with Crippen molar-refractivity contribution in [2.75, 3.05) is 0 Å². The molecule has 0 saturated heterocycles. The lowest BCUT2D eigenvalue weighted by molar-refractivity contribution is 0.301. The van der Waals surface area contributed by atoms with E-state index >= 15 is 0 Å². The predicted molar refractivity (Wildman–Crippen MR) is 70.9 cm³/mol. The molecular weight excluding hydrogens is 232 g/mol. The third-order valence-electron chi connectivity index (χ3n) is 2.25. The van der Waals surface area contributed by atoms with Crippen LogP contribution in [0.4, 0.5) is 0 Å². The maximum Gasteiger partial charge on any atom is 0.130 e. The van der Waals surface area contributed by atoms with Gasteiger partial charge in [0.15, 0.2) is 0 Å². The second-order valence-corrected chi connectivity index (χ2v) is 3.94. The molecular formula is C13H12N2OS. The Morgan fingerprint density at radius 3 is 2.53 bits per heavy atom. The van der Waals surface area contributed by atoms with Crippen LogP contribution in [0.1, 0.15) is 11.3 Å². The standard InChI is InChI=1S/C13H12N2OS/c14-13(17)10-4-6-12(7-5-10)16-9-11-3-1-2-8-15-11/h1-8H,9H2,(H2,14,17).